The van der Waals surface area contributed by atoms with Crippen LogP contribution in [0.1, 0.15) is 55.3 Å². The first-order chi connectivity index (χ1) is 10.2. The van der Waals surface area contributed by atoms with Crippen LogP contribution in [0, 0.1) is 5.92 Å². The Bertz CT molecular complexity index is 496. The molecule has 1 unspecified atom stereocenters. The van der Waals surface area contributed by atoms with Crippen molar-refractivity contribution in [2.45, 2.75) is 51.0 Å². The predicted molar refractivity (Wildman–Crippen MR) is 87.0 cm³/mol. The SMILES string of the molecule is O=C(c1cccc(Cl)c1)C1CCCCN(C2CCCC2)C1. The molecule has 0 spiro atoms. The maximum atomic E-state index is 12.8. The molecule has 2 aliphatic rings. The van der Waals surface area contributed by atoms with E-state index >= 15 is 0 Å². The third-order valence-corrected chi connectivity index (χ3v) is 5.26. The number of benzene rings is 1. The van der Waals surface area contributed by atoms with E-state index in [1.807, 2.05) is 24.3 Å². The molecule has 1 saturated carbocycles. The second-order valence-electron chi connectivity index (χ2n) is 6.50. The molecule has 0 aromatic heterocycles. The molecule has 1 aromatic carbocycles. The Hall–Kier alpha value is -0.860. The minimum Gasteiger partial charge on any atom is -0.300 e. The van der Waals surface area contributed by atoms with Gasteiger partial charge in [-0.3, -0.25) is 9.69 Å². The van der Waals surface area contributed by atoms with Crippen LogP contribution in [-0.4, -0.2) is 29.8 Å². The van der Waals surface area contributed by atoms with Crippen molar-refractivity contribution in [2.75, 3.05) is 13.1 Å². The number of hydrogen-bond acceptors (Lipinski definition) is 2. The molecule has 3 rings (SSSR count). The van der Waals surface area contributed by atoms with Crippen LogP contribution in [0.25, 0.3) is 0 Å². The Labute approximate surface area is 132 Å². The van der Waals surface area contributed by atoms with E-state index in [0.717, 1.165) is 24.6 Å². The average molecular weight is 306 g/mol. The zero-order valence-electron chi connectivity index (χ0n) is 12.6. The fourth-order valence-electron chi connectivity index (χ4n) is 3.86. The third-order valence-electron chi connectivity index (χ3n) is 5.02. The van der Waals surface area contributed by atoms with E-state index in [-0.39, 0.29) is 11.7 Å². The first-order valence-corrected chi connectivity index (χ1v) is 8.65. The van der Waals surface area contributed by atoms with Gasteiger partial charge < -0.3 is 0 Å². The summed E-state index contributed by atoms with van der Waals surface area (Å²) in [6.07, 6.45) is 8.77. The van der Waals surface area contributed by atoms with Crippen molar-refractivity contribution in [3.63, 3.8) is 0 Å². The molecule has 1 aliphatic carbocycles. The summed E-state index contributed by atoms with van der Waals surface area (Å²) >= 11 is 6.03. The van der Waals surface area contributed by atoms with Crippen molar-refractivity contribution in [3.05, 3.63) is 34.9 Å². The largest absolute Gasteiger partial charge is 0.300 e. The number of likely N-dealkylation sites (tertiary alicyclic amines) is 1. The quantitative estimate of drug-likeness (QED) is 0.763. The minimum atomic E-state index is 0.145. The molecule has 0 radical (unpaired) electrons. The second-order valence-corrected chi connectivity index (χ2v) is 6.94. The highest BCUT2D eigenvalue weighted by molar-refractivity contribution is 6.31. The number of carbonyl (C=O) groups excluding carboxylic acids is 1. The number of hydrogen-bond donors (Lipinski definition) is 0. The Morgan fingerprint density at radius 2 is 1.86 bits per heavy atom. The molecule has 2 fully saturated rings. The molecular formula is C18H24ClNO. The van der Waals surface area contributed by atoms with E-state index in [0.29, 0.717) is 5.02 Å². The van der Waals surface area contributed by atoms with E-state index in [9.17, 15) is 4.79 Å². The Kier molecular flexibility index (Phi) is 4.97. The van der Waals surface area contributed by atoms with Gasteiger partial charge in [0.1, 0.15) is 0 Å². The molecular weight excluding hydrogens is 282 g/mol. The van der Waals surface area contributed by atoms with Crippen LogP contribution in [0.3, 0.4) is 0 Å². The van der Waals surface area contributed by atoms with Crippen LogP contribution in [-0.2, 0) is 0 Å². The molecule has 1 aromatic rings. The monoisotopic (exact) mass is 305 g/mol. The Balaban J connectivity index is 1.72. The van der Waals surface area contributed by atoms with Gasteiger partial charge in [0.05, 0.1) is 0 Å². The summed E-state index contributed by atoms with van der Waals surface area (Å²) in [5.74, 6) is 0.425. The molecule has 1 atom stereocenters. The highest BCUT2D eigenvalue weighted by atomic mass is 35.5. The summed E-state index contributed by atoms with van der Waals surface area (Å²) in [5, 5.41) is 0.655. The van der Waals surface area contributed by atoms with Gasteiger partial charge in [-0.05, 0) is 44.4 Å². The summed E-state index contributed by atoms with van der Waals surface area (Å²) in [6, 6.07) is 8.14. The number of nitrogens with zero attached hydrogens (tertiary/aromatic N) is 1. The van der Waals surface area contributed by atoms with Crippen molar-refractivity contribution in [3.8, 4) is 0 Å². The molecule has 0 bridgehead atoms. The van der Waals surface area contributed by atoms with Gasteiger partial charge in [0, 0.05) is 29.1 Å². The van der Waals surface area contributed by atoms with Gasteiger partial charge in [0.2, 0.25) is 0 Å². The van der Waals surface area contributed by atoms with Crippen LogP contribution in [0.4, 0.5) is 0 Å². The van der Waals surface area contributed by atoms with Crippen molar-refractivity contribution >= 4 is 17.4 Å². The molecule has 21 heavy (non-hydrogen) atoms. The zero-order valence-corrected chi connectivity index (χ0v) is 13.3. The standard InChI is InChI=1S/C18H24ClNO/c19-16-8-5-7-14(12-16)18(21)15-6-3-4-11-20(13-15)17-9-1-2-10-17/h5,7-8,12,15,17H,1-4,6,9-11,13H2. The highest BCUT2D eigenvalue weighted by Gasteiger charge is 2.30. The fraction of sp³-hybridized carbons (Fsp3) is 0.611. The summed E-state index contributed by atoms with van der Waals surface area (Å²) in [7, 11) is 0. The highest BCUT2D eigenvalue weighted by Crippen LogP contribution is 2.29. The van der Waals surface area contributed by atoms with E-state index in [4.69, 9.17) is 11.6 Å². The van der Waals surface area contributed by atoms with Crippen LogP contribution >= 0.6 is 11.6 Å². The van der Waals surface area contributed by atoms with E-state index in [1.165, 1.54) is 45.1 Å². The number of ketones is 1. The summed E-state index contributed by atoms with van der Waals surface area (Å²) in [5.41, 5.74) is 0.778. The smallest absolute Gasteiger partial charge is 0.167 e. The fourth-order valence-corrected chi connectivity index (χ4v) is 4.05. The maximum absolute atomic E-state index is 12.8. The topological polar surface area (TPSA) is 20.3 Å². The van der Waals surface area contributed by atoms with Gasteiger partial charge in [0.15, 0.2) is 5.78 Å². The first kappa shape index (κ1) is 15.1. The summed E-state index contributed by atoms with van der Waals surface area (Å²) < 4.78 is 0. The van der Waals surface area contributed by atoms with Gasteiger partial charge in [0.25, 0.3) is 0 Å². The van der Waals surface area contributed by atoms with Crippen molar-refractivity contribution in [1.29, 1.82) is 0 Å². The lowest BCUT2D eigenvalue weighted by molar-refractivity contribution is 0.0864. The van der Waals surface area contributed by atoms with Gasteiger partial charge >= 0.3 is 0 Å². The minimum absolute atomic E-state index is 0.145. The lowest BCUT2D eigenvalue weighted by atomic mass is 9.93. The summed E-state index contributed by atoms with van der Waals surface area (Å²) in [6.45, 7) is 2.11. The van der Waals surface area contributed by atoms with E-state index in [1.54, 1.807) is 0 Å². The van der Waals surface area contributed by atoms with Crippen molar-refractivity contribution in [2.24, 2.45) is 5.92 Å². The average Bonchev–Trinajstić information content (AvgIpc) is 2.91. The number of carbonyl (C=O) groups is 1. The first-order valence-electron chi connectivity index (χ1n) is 8.28. The maximum Gasteiger partial charge on any atom is 0.167 e. The number of Topliss-reactive ketones (excluding diaryl/α,β-unsaturated/α-hetero) is 1. The predicted octanol–water partition coefficient (Wildman–Crippen LogP) is 4.57. The van der Waals surface area contributed by atoms with Gasteiger partial charge in [-0.2, -0.15) is 0 Å². The van der Waals surface area contributed by atoms with Gasteiger partial charge in [-0.15, -0.1) is 0 Å². The zero-order chi connectivity index (χ0) is 14.7. The van der Waals surface area contributed by atoms with Gasteiger partial charge in [-0.1, -0.05) is 43.0 Å². The van der Waals surface area contributed by atoms with Crippen molar-refractivity contribution < 1.29 is 4.79 Å². The molecule has 114 valence electrons. The Morgan fingerprint density at radius 1 is 1.10 bits per heavy atom. The van der Waals surface area contributed by atoms with E-state index < -0.39 is 0 Å². The molecule has 0 amide bonds. The van der Waals surface area contributed by atoms with Crippen LogP contribution in [0.15, 0.2) is 24.3 Å². The molecule has 0 N–H and O–H groups in total. The normalized spacial score (nSPS) is 24.9. The van der Waals surface area contributed by atoms with Gasteiger partial charge in [-0.25, -0.2) is 0 Å². The molecule has 1 heterocycles. The second kappa shape index (κ2) is 6.93. The number of halogens is 1. The van der Waals surface area contributed by atoms with Crippen molar-refractivity contribution in [1.82, 2.24) is 4.90 Å². The lowest BCUT2D eigenvalue weighted by Gasteiger charge is -2.29. The molecule has 1 aliphatic heterocycles. The molecule has 1 saturated heterocycles. The van der Waals surface area contributed by atoms with Crippen LogP contribution in [0.2, 0.25) is 5.02 Å². The number of rotatable bonds is 3. The van der Waals surface area contributed by atoms with Crippen LogP contribution < -0.4 is 0 Å². The third kappa shape index (κ3) is 3.67. The summed E-state index contributed by atoms with van der Waals surface area (Å²) in [4.78, 5) is 15.4. The lowest BCUT2D eigenvalue weighted by Crippen LogP contribution is -2.38. The molecule has 2 nitrogen and oxygen atoms in total. The van der Waals surface area contributed by atoms with Crippen LogP contribution in [0.5, 0.6) is 0 Å². The Morgan fingerprint density at radius 3 is 2.62 bits per heavy atom. The molecule has 3 heteroatoms. The van der Waals surface area contributed by atoms with E-state index in [2.05, 4.69) is 4.90 Å².